The van der Waals surface area contributed by atoms with E-state index in [1.54, 1.807) is 30.1 Å². The Morgan fingerprint density at radius 3 is 2.56 bits per heavy atom. The molecule has 100 valence electrons. The van der Waals surface area contributed by atoms with E-state index in [0.717, 1.165) is 6.54 Å². The molecule has 0 atom stereocenters. The number of nitrogens with two attached hydrogens (primary N) is 1. The Morgan fingerprint density at radius 2 is 2.00 bits per heavy atom. The molecule has 0 aliphatic heterocycles. The first-order chi connectivity index (χ1) is 8.45. The van der Waals surface area contributed by atoms with Gasteiger partial charge in [0, 0.05) is 25.2 Å². The summed E-state index contributed by atoms with van der Waals surface area (Å²) in [6.07, 6.45) is 0. The van der Waals surface area contributed by atoms with Gasteiger partial charge >= 0.3 is 0 Å². The molecule has 1 aromatic rings. The van der Waals surface area contributed by atoms with Gasteiger partial charge in [-0.2, -0.15) is 0 Å². The van der Waals surface area contributed by atoms with Crippen LogP contribution in [0, 0.1) is 0 Å². The highest BCUT2D eigenvalue weighted by molar-refractivity contribution is 6.31. The van der Waals surface area contributed by atoms with Crippen molar-refractivity contribution in [3.63, 3.8) is 0 Å². The van der Waals surface area contributed by atoms with Crippen LogP contribution in [-0.2, 0) is 0 Å². The molecule has 0 fully saturated rings. The first-order valence-electron chi connectivity index (χ1n) is 5.62. The largest absolute Gasteiger partial charge is 0.340 e. The Bertz CT molecular complexity index is 423. The molecule has 0 spiro atoms. The minimum atomic E-state index is -0.104. The van der Waals surface area contributed by atoms with Crippen LogP contribution in [0.25, 0.3) is 0 Å². The van der Waals surface area contributed by atoms with Crippen LogP contribution in [0.1, 0.15) is 10.4 Å². The van der Waals surface area contributed by atoms with Gasteiger partial charge in [0.15, 0.2) is 0 Å². The van der Waals surface area contributed by atoms with Crippen LogP contribution in [0.5, 0.6) is 0 Å². The molecule has 0 unspecified atom stereocenters. The monoisotopic (exact) mass is 270 g/mol. The average molecular weight is 271 g/mol. The molecule has 0 aromatic heterocycles. The molecule has 1 amide bonds. The molecule has 0 saturated heterocycles. The van der Waals surface area contributed by atoms with Crippen LogP contribution in [0.3, 0.4) is 0 Å². The lowest BCUT2D eigenvalue weighted by Crippen LogP contribution is -2.34. The van der Waals surface area contributed by atoms with E-state index in [4.69, 9.17) is 17.4 Å². The van der Waals surface area contributed by atoms with Crippen LogP contribution in [0.4, 0.5) is 5.69 Å². The van der Waals surface area contributed by atoms with E-state index in [2.05, 4.69) is 5.43 Å². The van der Waals surface area contributed by atoms with Crippen molar-refractivity contribution >= 4 is 23.2 Å². The van der Waals surface area contributed by atoms with E-state index in [-0.39, 0.29) is 5.91 Å². The summed E-state index contributed by atoms with van der Waals surface area (Å²) in [7, 11) is 5.68. The maximum absolute atomic E-state index is 12.2. The molecular formula is C12H19ClN4O. The summed E-state index contributed by atoms with van der Waals surface area (Å²) in [6, 6.07) is 4.99. The van der Waals surface area contributed by atoms with Gasteiger partial charge in [-0.1, -0.05) is 11.6 Å². The first kappa shape index (κ1) is 14.8. The summed E-state index contributed by atoms with van der Waals surface area (Å²) in [5.74, 6) is 5.28. The minimum Gasteiger partial charge on any atom is -0.340 e. The third-order valence-electron chi connectivity index (χ3n) is 2.60. The molecule has 18 heavy (non-hydrogen) atoms. The zero-order valence-electron chi connectivity index (χ0n) is 10.9. The van der Waals surface area contributed by atoms with Crippen molar-refractivity contribution in [2.75, 3.05) is 39.7 Å². The highest BCUT2D eigenvalue weighted by Gasteiger charge is 2.16. The van der Waals surface area contributed by atoms with Gasteiger partial charge < -0.3 is 15.2 Å². The van der Waals surface area contributed by atoms with Gasteiger partial charge in [0.05, 0.1) is 11.3 Å². The summed E-state index contributed by atoms with van der Waals surface area (Å²) >= 11 is 5.90. The maximum atomic E-state index is 12.2. The van der Waals surface area contributed by atoms with Gasteiger partial charge in [-0.25, -0.2) is 0 Å². The van der Waals surface area contributed by atoms with Gasteiger partial charge in [0.25, 0.3) is 5.91 Å². The Labute approximate surface area is 112 Å². The van der Waals surface area contributed by atoms with Crippen molar-refractivity contribution in [1.29, 1.82) is 0 Å². The molecule has 5 nitrogen and oxygen atoms in total. The number of nitrogen functional groups attached to an aromatic ring is 1. The highest BCUT2D eigenvalue weighted by Crippen LogP contribution is 2.21. The quantitative estimate of drug-likeness (QED) is 0.625. The summed E-state index contributed by atoms with van der Waals surface area (Å²) in [5.41, 5.74) is 3.56. The second-order valence-corrected chi connectivity index (χ2v) is 4.80. The summed E-state index contributed by atoms with van der Waals surface area (Å²) in [6.45, 7) is 1.44. The topological polar surface area (TPSA) is 61.6 Å². The zero-order valence-corrected chi connectivity index (χ0v) is 11.7. The van der Waals surface area contributed by atoms with Gasteiger partial charge in [-0.05, 0) is 32.3 Å². The molecule has 0 radical (unpaired) electrons. The van der Waals surface area contributed by atoms with Crippen molar-refractivity contribution in [2.45, 2.75) is 0 Å². The highest BCUT2D eigenvalue weighted by atomic mass is 35.5. The lowest BCUT2D eigenvalue weighted by atomic mass is 10.1. The number of carbonyl (C=O) groups excluding carboxylic acids is 1. The molecule has 0 bridgehead atoms. The Hall–Kier alpha value is -1.30. The van der Waals surface area contributed by atoms with E-state index in [0.29, 0.717) is 22.8 Å². The molecule has 0 heterocycles. The van der Waals surface area contributed by atoms with Crippen LogP contribution >= 0.6 is 11.6 Å². The van der Waals surface area contributed by atoms with Gasteiger partial charge in [0.1, 0.15) is 0 Å². The number of hydrazine groups is 1. The molecule has 0 aliphatic rings. The summed E-state index contributed by atoms with van der Waals surface area (Å²) in [4.78, 5) is 15.9. The number of amides is 1. The molecule has 3 N–H and O–H groups in total. The maximum Gasteiger partial charge on any atom is 0.255 e. The number of nitrogens with zero attached hydrogens (tertiary/aromatic N) is 2. The number of anilines is 1. The molecule has 1 aromatic carbocycles. The summed E-state index contributed by atoms with van der Waals surface area (Å²) in [5, 5.41) is 0.512. The van der Waals surface area contributed by atoms with Crippen LogP contribution in [0.2, 0.25) is 5.02 Å². The van der Waals surface area contributed by atoms with E-state index in [1.807, 2.05) is 19.0 Å². The number of halogens is 1. The smallest absolute Gasteiger partial charge is 0.255 e. The zero-order chi connectivity index (χ0) is 13.7. The number of nitrogens with one attached hydrogen (secondary N) is 1. The fourth-order valence-corrected chi connectivity index (χ4v) is 1.65. The second-order valence-electron chi connectivity index (χ2n) is 4.36. The number of carbonyl (C=O) groups is 1. The normalized spacial score (nSPS) is 10.6. The number of rotatable bonds is 5. The van der Waals surface area contributed by atoms with E-state index < -0.39 is 0 Å². The van der Waals surface area contributed by atoms with Gasteiger partial charge in [-0.15, -0.1) is 0 Å². The molecule has 6 heteroatoms. The number of likely N-dealkylation sites (N-methyl/N-ethyl adjacent to an activating group) is 2. The molecular weight excluding hydrogens is 252 g/mol. The van der Waals surface area contributed by atoms with E-state index in [1.165, 1.54) is 0 Å². The molecule has 1 rings (SSSR count). The third-order valence-corrected chi connectivity index (χ3v) is 2.83. The van der Waals surface area contributed by atoms with Crippen molar-refractivity contribution in [3.8, 4) is 0 Å². The Kier molecular flexibility index (Phi) is 5.40. The molecule has 0 aliphatic carbocycles. The Morgan fingerprint density at radius 1 is 1.33 bits per heavy atom. The fourth-order valence-electron chi connectivity index (χ4n) is 1.48. The van der Waals surface area contributed by atoms with Gasteiger partial charge in [0.2, 0.25) is 0 Å². The number of hydrogen-bond acceptors (Lipinski definition) is 4. The van der Waals surface area contributed by atoms with Crippen molar-refractivity contribution in [3.05, 3.63) is 28.8 Å². The first-order valence-corrected chi connectivity index (χ1v) is 6.00. The van der Waals surface area contributed by atoms with Crippen LogP contribution in [-0.4, -0.2) is 49.9 Å². The number of hydrogen-bond donors (Lipinski definition) is 2. The lowest BCUT2D eigenvalue weighted by Gasteiger charge is -2.21. The number of benzene rings is 1. The van der Waals surface area contributed by atoms with Crippen molar-refractivity contribution in [1.82, 2.24) is 9.80 Å². The predicted molar refractivity (Wildman–Crippen MR) is 74.8 cm³/mol. The Balaban J connectivity index is 2.85. The summed E-state index contributed by atoms with van der Waals surface area (Å²) < 4.78 is 0. The fraction of sp³-hybridized carbons (Fsp3) is 0.417. The lowest BCUT2D eigenvalue weighted by molar-refractivity contribution is 0.0787. The van der Waals surface area contributed by atoms with Crippen LogP contribution < -0.4 is 11.3 Å². The standard InChI is InChI=1S/C12H19ClN4O/c1-16(2)6-7-17(3)12(18)10-8-9(13)4-5-11(10)15-14/h4-5,8,15H,6-7,14H2,1-3H3. The SMILES string of the molecule is CN(C)CCN(C)C(=O)c1cc(Cl)ccc1NN. The minimum absolute atomic E-state index is 0.104. The second kappa shape index (κ2) is 6.58. The average Bonchev–Trinajstić information content (AvgIpc) is 2.34. The third kappa shape index (κ3) is 3.87. The predicted octanol–water partition coefficient (Wildman–Crippen LogP) is 1.26. The van der Waals surface area contributed by atoms with Gasteiger partial charge in [-0.3, -0.25) is 10.6 Å². The van der Waals surface area contributed by atoms with Crippen molar-refractivity contribution in [2.24, 2.45) is 5.84 Å². The van der Waals surface area contributed by atoms with E-state index in [9.17, 15) is 4.79 Å². The van der Waals surface area contributed by atoms with Crippen molar-refractivity contribution < 1.29 is 4.79 Å². The molecule has 0 saturated carbocycles. The van der Waals surface area contributed by atoms with Crippen LogP contribution in [0.15, 0.2) is 18.2 Å². The van der Waals surface area contributed by atoms with E-state index >= 15 is 0 Å².